The maximum Gasteiger partial charge on any atom is 0.416 e. The van der Waals surface area contributed by atoms with E-state index >= 15 is 0 Å². The summed E-state index contributed by atoms with van der Waals surface area (Å²) in [5.74, 6) is 0. The van der Waals surface area contributed by atoms with Gasteiger partial charge < -0.3 is 29.9 Å². The molecule has 30 heavy (non-hydrogen) atoms. The van der Waals surface area contributed by atoms with E-state index in [0.717, 1.165) is 0 Å². The van der Waals surface area contributed by atoms with Crippen molar-refractivity contribution in [1.29, 1.82) is 0 Å². The number of nitrogens with one attached hydrogen (secondary N) is 2. The molecule has 0 aromatic rings. The molecule has 0 heterocycles. The SMILES string of the molecule is O=C(O)N(CCOCCNOCCONCCOCCN(C(=O)O)C(=O)O)C(=O)O. The van der Waals surface area contributed by atoms with Crippen LogP contribution in [0, 0.1) is 0 Å². The van der Waals surface area contributed by atoms with Crippen LogP contribution in [-0.2, 0) is 19.1 Å². The number of carboxylic acid groups (broad SMARTS) is 4. The molecule has 0 saturated carbocycles. The summed E-state index contributed by atoms with van der Waals surface area (Å²) in [5, 5.41) is 34.4. The lowest BCUT2D eigenvalue weighted by atomic mass is 10.6. The largest absolute Gasteiger partial charge is 0.465 e. The number of imide groups is 2. The molecule has 0 unspecified atom stereocenters. The van der Waals surface area contributed by atoms with Crippen molar-refractivity contribution in [3.63, 3.8) is 0 Å². The minimum absolute atomic E-state index is 0.0833. The fourth-order valence-corrected chi connectivity index (χ4v) is 1.66. The van der Waals surface area contributed by atoms with Gasteiger partial charge in [0.1, 0.15) is 0 Å². The average Bonchev–Trinajstić information content (AvgIpc) is 2.65. The van der Waals surface area contributed by atoms with Gasteiger partial charge in [-0.2, -0.15) is 0 Å². The zero-order chi connectivity index (χ0) is 22.8. The number of ether oxygens (including phenoxy) is 2. The summed E-state index contributed by atoms with van der Waals surface area (Å²) in [7, 11) is 0. The molecule has 0 aromatic carbocycles. The summed E-state index contributed by atoms with van der Waals surface area (Å²) in [6.45, 7) is 0.516. The van der Waals surface area contributed by atoms with Crippen LogP contribution in [0.3, 0.4) is 0 Å². The Morgan fingerprint density at radius 1 is 0.567 bits per heavy atom. The quantitative estimate of drug-likeness (QED) is 0.122. The monoisotopic (exact) mass is 442 g/mol. The maximum atomic E-state index is 10.6. The van der Waals surface area contributed by atoms with E-state index < -0.39 is 24.4 Å². The van der Waals surface area contributed by atoms with Gasteiger partial charge in [0.25, 0.3) is 0 Å². The van der Waals surface area contributed by atoms with Crippen molar-refractivity contribution in [2.75, 3.05) is 65.8 Å². The summed E-state index contributed by atoms with van der Waals surface area (Å²) >= 11 is 0. The first-order valence-corrected chi connectivity index (χ1v) is 8.59. The molecule has 0 radical (unpaired) electrons. The van der Waals surface area contributed by atoms with Crippen molar-refractivity contribution >= 4 is 24.4 Å². The highest BCUT2D eigenvalue weighted by Crippen LogP contribution is 1.92. The number of amides is 4. The summed E-state index contributed by atoms with van der Waals surface area (Å²) in [6.07, 6.45) is -6.29. The minimum atomic E-state index is -1.57. The van der Waals surface area contributed by atoms with E-state index in [0.29, 0.717) is 0 Å². The third kappa shape index (κ3) is 14.3. The van der Waals surface area contributed by atoms with Crippen LogP contribution in [0.25, 0.3) is 0 Å². The number of nitrogens with zero attached hydrogens (tertiary/aromatic N) is 2. The van der Waals surface area contributed by atoms with Crippen LogP contribution in [0.15, 0.2) is 0 Å². The van der Waals surface area contributed by atoms with Gasteiger partial charge in [0.15, 0.2) is 0 Å². The van der Waals surface area contributed by atoms with Gasteiger partial charge in [-0.3, -0.25) is 9.68 Å². The molecule has 0 spiro atoms. The Bertz CT molecular complexity index is 461. The molecule has 0 rings (SSSR count). The van der Waals surface area contributed by atoms with Crippen molar-refractivity contribution in [2.24, 2.45) is 0 Å². The number of hydroxylamine groups is 2. The van der Waals surface area contributed by atoms with Gasteiger partial charge in [0.05, 0.1) is 52.7 Å². The Kier molecular flexibility index (Phi) is 15.6. The number of hydrogen-bond donors (Lipinski definition) is 6. The lowest BCUT2D eigenvalue weighted by molar-refractivity contribution is -0.0461. The van der Waals surface area contributed by atoms with Gasteiger partial charge in [-0.1, -0.05) is 0 Å². The van der Waals surface area contributed by atoms with Gasteiger partial charge in [-0.25, -0.2) is 39.9 Å². The molecule has 16 nitrogen and oxygen atoms in total. The van der Waals surface area contributed by atoms with E-state index in [1.807, 2.05) is 0 Å². The van der Waals surface area contributed by atoms with Crippen molar-refractivity contribution in [2.45, 2.75) is 0 Å². The Balaban J connectivity index is 3.37. The second-order valence-electron chi connectivity index (χ2n) is 5.14. The minimum Gasteiger partial charge on any atom is -0.465 e. The van der Waals surface area contributed by atoms with Gasteiger partial charge in [0, 0.05) is 13.1 Å². The van der Waals surface area contributed by atoms with Gasteiger partial charge in [-0.05, 0) is 0 Å². The molecule has 0 bridgehead atoms. The molecule has 0 aliphatic heterocycles. The van der Waals surface area contributed by atoms with Crippen LogP contribution < -0.4 is 11.0 Å². The van der Waals surface area contributed by atoms with Crippen molar-refractivity contribution in [1.82, 2.24) is 20.8 Å². The van der Waals surface area contributed by atoms with E-state index in [-0.39, 0.29) is 75.6 Å². The maximum absolute atomic E-state index is 10.6. The molecule has 0 fully saturated rings. The van der Waals surface area contributed by atoms with Gasteiger partial charge in [-0.15, -0.1) is 0 Å². The zero-order valence-electron chi connectivity index (χ0n) is 16.0. The lowest BCUT2D eigenvalue weighted by Gasteiger charge is -2.13. The zero-order valence-corrected chi connectivity index (χ0v) is 16.0. The topological polar surface area (TPSA) is 217 Å². The molecule has 4 amide bonds. The first-order valence-electron chi connectivity index (χ1n) is 8.59. The van der Waals surface area contributed by atoms with Crippen LogP contribution in [0.2, 0.25) is 0 Å². The molecule has 0 aliphatic carbocycles. The van der Waals surface area contributed by atoms with Gasteiger partial charge in [0.2, 0.25) is 0 Å². The number of carbonyl (C=O) groups is 4. The van der Waals surface area contributed by atoms with E-state index in [4.69, 9.17) is 39.6 Å². The fraction of sp³-hybridized carbons (Fsp3) is 0.714. The van der Waals surface area contributed by atoms with E-state index in [2.05, 4.69) is 11.0 Å². The number of rotatable bonds is 17. The lowest BCUT2D eigenvalue weighted by Crippen LogP contribution is -2.37. The molecule has 0 atom stereocenters. The second kappa shape index (κ2) is 17.1. The Morgan fingerprint density at radius 3 is 1.20 bits per heavy atom. The van der Waals surface area contributed by atoms with Crippen LogP contribution >= 0.6 is 0 Å². The Hall–Kier alpha value is -2.76. The second-order valence-corrected chi connectivity index (χ2v) is 5.14. The predicted octanol–water partition coefficient (Wildman–Crippen LogP) is -0.622. The average molecular weight is 442 g/mol. The highest BCUT2D eigenvalue weighted by atomic mass is 16.7. The van der Waals surface area contributed by atoms with Crippen LogP contribution in [0.5, 0.6) is 0 Å². The third-order valence-corrected chi connectivity index (χ3v) is 3.03. The summed E-state index contributed by atoms with van der Waals surface area (Å²) < 4.78 is 10.1. The normalized spacial score (nSPS) is 10.5. The number of hydrogen-bond acceptors (Lipinski definition) is 10. The van der Waals surface area contributed by atoms with E-state index in [1.54, 1.807) is 0 Å². The fourth-order valence-electron chi connectivity index (χ4n) is 1.66. The van der Waals surface area contributed by atoms with Crippen molar-refractivity contribution in [3.05, 3.63) is 0 Å². The van der Waals surface area contributed by atoms with Gasteiger partial charge >= 0.3 is 24.4 Å². The predicted molar refractivity (Wildman–Crippen MR) is 95.1 cm³/mol. The molecular weight excluding hydrogens is 416 g/mol. The summed E-state index contributed by atoms with van der Waals surface area (Å²) in [6, 6.07) is 0. The summed E-state index contributed by atoms with van der Waals surface area (Å²) in [5.41, 5.74) is 5.12. The highest BCUT2D eigenvalue weighted by molar-refractivity contribution is 5.85. The molecule has 174 valence electrons. The standard InChI is InChI=1S/C14H26N4O12/c19-11(20)17(12(21)22)3-7-27-5-1-15-29-9-10-30-16-2-6-28-8-4-18(13(23)24)14(25)26/h15-16H,1-10H2,(H,19,20)(H,21,22)(H,23,24)(H,25,26). The Morgan fingerprint density at radius 2 is 0.900 bits per heavy atom. The molecule has 16 heteroatoms. The van der Waals surface area contributed by atoms with Crippen LogP contribution in [0.1, 0.15) is 0 Å². The summed E-state index contributed by atoms with van der Waals surface area (Å²) in [4.78, 5) is 52.8. The van der Waals surface area contributed by atoms with Crippen LogP contribution in [0.4, 0.5) is 19.2 Å². The molecule has 6 N–H and O–H groups in total. The van der Waals surface area contributed by atoms with E-state index in [1.165, 1.54) is 0 Å². The van der Waals surface area contributed by atoms with Crippen LogP contribution in [-0.4, -0.2) is 120 Å². The molecule has 0 saturated heterocycles. The first kappa shape index (κ1) is 27.2. The molecule has 0 aliphatic rings. The molecule has 0 aromatic heterocycles. The van der Waals surface area contributed by atoms with Crippen molar-refractivity contribution in [3.8, 4) is 0 Å². The van der Waals surface area contributed by atoms with E-state index in [9.17, 15) is 19.2 Å². The smallest absolute Gasteiger partial charge is 0.416 e. The first-order chi connectivity index (χ1) is 14.3. The van der Waals surface area contributed by atoms with Crippen molar-refractivity contribution < 1.29 is 58.8 Å². The molecular formula is C14H26N4O12. The highest BCUT2D eigenvalue weighted by Gasteiger charge is 2.19. The third-order valence-electron chi connectivity index (χ3n) is 3.03. The Labute approximate surface area is 170 Å².